The lowest BCUT2D eigenvalue weighted by molar-refractivity contribution is -0.122. The molecule has 140 valence electrons. The quantitative estimate of drug-likeness (QED) is 0.517. The molecular formula is C24H19Cl2NO. The zero-order valence-electron chi connectivity index (χ0n) is 15.3. The van der Waals surface area contributed by atoms with Crippen LogP contribution in [0.1, 0.15) is 41.0 Å². The summed E-state index contributed by atoms with van der Waals surface area (Å²) in [4.78, 5) is 13.4. The minimum atomic E-state index is -0.151. The van der Waals surface area contributed by atoms with E-state index >= 15 is 0 Å². The van der Waals surface area contributed by atoms with E-state index in [1.54, 1.807) is 18.2 Å². The van der Waals surface area contributed by atoms with Crippen LogP contribution in [0.15, 0.2) is 66.7 Å². The second-order valence-corrected chi connectivity index (χ2v) is 8.56. The summed E-state index contributed by atoms with van der Waals surface area (Å²) >= 11 is 12.3. The van der Waals surface area contributed by atoms with Gasteiger partial charge in [-0.1, -0.05) is 78.7 Å². The molecule has 1 N–H and O–H groups in total. The minimum absolute atomic E-state index is 0.00993. The van der Waals surface area contributed by atoms with Gasteiger partial charge in [-0.15, -0.1) is 0 Å². The van der Waals surface area contributed by atoms with Gasteiger partial charge in [-0.05, 0) is 46.4 Å². The van der Waals surface area contributed by atoms with E-state index in [2.05, 4.69) is 60.8 Å². The fourth-order valence-electron chi connectivity index (χ4n) is 5.15. The third-order valence-corrected chi connectivity index (χ3v) is 6.82. The molecule has 3 aliphatic rings. The maximum absolute atomic E-state index is 13.4. The van der Waals surface area contributed by atoms with Crippen LogP contribution in [0.25, 0.3) is 0 Å². The summed E-state index contributed by atoms with van der Waals surface area (Å²) in [6, 6.07) is 22.2. The van der Waals surface area contributed by atoms with Gasteiger partial charge in [-0.3, -0.25) is 4.79 Å². The topological polar surface area (TPSA) is 29.1 Å². The van der Waals surface area contributed by atoms with Crippen LogP contribution in [0.2, 0.25) is 10.0 Å². The van der Waals surface area contributed by atoms with Crippen molar-refractivity contribution in [2.24, 2.45) is 11.8 Å². The number of benzene rings is 3. The van der Waals surface area contributed by atoms with E-state index in [1.165, 1.54) is 22.3 Å². The lowest BCUT2D eigenvalue weighted by Crippen LogP contribution is -2.44. The summed E-state index contributed by atoms with van der Waals surface area (Å²) in [5.74, 6) is 0.338. The molecule has 2 nitrogen and oxygen atoms in total. The smallest absolute Gasteiger partial charge is 0.228 e. The van der Waals surface area contributed by atoms with Crippen LogP contribution in [0.4, 0.5) is 5.69 Å². The second kappa shape index (κ2) is 6.65. The Morgan fingerprint density at radius 3 is 1.89 bits per heavy atom. The first-order valence-electron chi connectivity index (χ1n) is 9.50. The molecule has 0 unspecified atom stereocenters. The van der Waals surface area contributed by atoms with Crippen molar-refractivity contribution in [3.8, 4) is 0 Å². The molecule has 3 aliphatic carbocycles. The number of anilines is 1. The Kier molecular flexibility index (Phi) is 4.22. The Bertz CT molecular complexity index is 1050. The molecule has 28 heavy (non-hydrogen) atoms. The highest BCUT2D eigenvalue weighted by atomic mass is 35.5. The van der Waals surface area contributed by atoms with Crippen molar-refractivity contribution in [1.29, 1.82) is 0 Å². The van der Waals surface area contributed by atoms with Crippen molar-refractivity contribution in [2.75, 3.05) is 5.32 Å². The van der Waals surface area contributed by atoms with E-state index in [4.69, 9.17) is 23.2 Å². The number of halogens is 2. The van der Waals surface area contributed by atoms with Gasteiger partial charge < -0.3 is 5.32 Å². The van der Waals surface area contributed by atoms with Crippen LogP contribution in [-0.4, -0.2) is 5.91 Å². The first-order valence-corrected chi connectivity index (χ1v) is 10.3. The third kappa shape index (κ3) is 2.59. The molecule has 3 aromatic rings. The van der Waals surface area contributed by atoms with E-state index < -0.39 is 0 Å². The minimum Gasteiger partial charge on any atom is -0.324 e. The Morgan fingerprint density at radius 2 is 1.36 bits per heavy atom. The van der Waals surface area contributed by atoms with Gasteiger partial charge in [-0.25, -0.2) is 0 Å². The van der Waals surface area contributed by atoms with Crippen molar-refractivity contribution in [3.05, 3.63) is 99.0 Å². The zero-order chi connectivity index (χ0) is 19.4. The highest BCUT2D eigenvalue weighted by Gasteiger charge is 2.50. The number of hydrogen-bond donors (Lipinski definition) is 1. The fourth-order valence-corrected chi connectivity index (χ4v) is 5.61. The molecular weight excluding hydrogens is 389 g/mol. The summed E-state index contributed by atoms with van der Waals surface area (Å²) in [6.45, 7) is 2.19. The van der Waals surface area contributed by atoms with Gasteiger partial charge in [0.2, 0.25) is 5.91 Å². The zero-order valence-corrected chi connectivity index (χ0v) is 16.8. The molecule has 0 saturated carbocycles. The summed E-state index contributed by atoms with van der Waals surface area (Å²) in [7, 11) is 0. The second-order valence-electron chi connectivity index (χ2n) is 7.71. The van der Waals surface area contributed by atoms with Gasteiger partial charge in [0, 0.05) is 16.9 Å². The summed E-state index contributed by atoms with van der Waals surface area (Å²) < 4.78 is 0. The Hall–Kier alpha value is -2.29. The van der Waals surface area contributed by atoms with Crippen molar-refractivity contribution in [1.82, 2.24) is 0 Å². The number of hydrogen-bond acceptors (Lipinski definition) is 1. The average Bonchev–Trinajstić information content (AvgIpc) is 2.70. The van der Waals surface area contributed by atoms with E-state index in [9.17, 15) is 4.79 Å². The molecule has 0 aromatic heterocycles. The maximum Gasteiger partial charge on any atom is 0.228 e. The van der Waals surface area contributed by atoms with Crippen molar-refractivity contribution in [2.45, 2.75) is 18.8 Å². The number of rotatable bonds is 2. The molecule has 2 atom stereocenters. The van der Waals surface area contributed by atoms with Gasteiger partial charge in [-0.2, -0.15) is 0 Å². The van der Waals surface area contributed by atoms with Gasteiger partial charge in [0.1, 0.15) is 0 Å². The van der Waals surface area contributed by atoms with Crippen molar-refractivity contribution >= 4 is 34.8 Å². The highest BCUT2D eigenvalue weighted by molar-refractivity contribution is 6.36. The van der Waals surface area contributed by atoms with E-state index in [1.807, 2.05) is 0 Å². The number of carbonyl (C=O) groups excluding carboxylic acids is 1. The maximum atomic E-state index is 13.4. The average molecular weight is 408 g/mol. The van der Waals surface area contributed by atoms with Crippen LogP contribution in [0, 0.1) is 11.8 Å². The molecule has 0 fully saturated rings. The first-order chi connectivity index (χ1) is 13.6. The number of amides is 1. The Balaban J connectivity index is 1.59. The van der Waals surface area contributed by atoms with Gasteiger partial charge in [0.25, 0.3) is 0 Å². The molecule has 0 saturated heterocycles. The lowest BCUT2D eigenvalue weighted by atomic mass is 9.54. The molecule has 0 radical (unpaired) electrons. The third-order valence-electron chi connectivity index (χ3n) is 6.28. The molecule has 0 heterocycles. The van der Waals surface area contributed by atoms with Crippen LogP contribution < -0.4 is 5.32 Å². The summed E-state index contributed by atoms with van der Waals surface area (Å²) in [5.41, 5.74) is 5.85. The molecule has 4 heteroatoms. The number of carbonyl (C=O) groups is 1. The Labute approximate surface area is 174 Å². The molecule has 6 rings (SSSR count). The van der Waals surface area contributed by atoms with Gasteiger partial charge >= 0.3 is 0 Å². The summed E-state index contributed by atoms with van der Waals surface area (Å²) in [5, 5.41) is 4.06. The standard InChI is InChI=1S/C24H19Cl2NO/c1-13-21-15-6-2-4-8-17(15)23(18-9-5-3-7-16(18)21)22(13)24(28)27-20-11-10-14(25)12-19(20)26/h2-13,21-23H,1H3,(H,27,28)/t13-,21?,22-,23?/m0/s1. The van der Waals surface area contributed by atoms with Crippen molar-refractivity contribution in [3.63, 3.8) is 0 Å². The van der Waals surface area contributed by atoms with Crippen LogP contribution >= 0.6 is 23.2 Å². The number of fused-ring (bicyclic) bond motifs is 1. The van der Waals surface area contributed by atoms with Gasteiger partial charge in [0.15, 0.2) is 0 Å². The fraction of sp³-hybridized carbons (Fsp3) is 0.208. The Morgan fingerprint density at radius 1 is 0.821 bits per heavy atom. The normalized spacial score (nSPS) is 24.4. The predicted octanol–water partition coefficient (Wildman–Crippen LogP) is 6.48. The van der Waals surface area contributed by atoms with E-state index in [-0.39, 0.29) is 29.6 Å². The van der Waals surface area contributed by atoms with Crippen LogP contribution in [0.5, 0.6) is 0 Å². The molecule has 2 bridgehead atoms. The first kappa shape index (κ1) is 17.8. The summed E-state index contributed by atoms with van der Waals surface area (Å²) in [6.07, 6.45) is 0. The lowest BCUT2D eigenvalue weighted by Gasteiger charge is -2.49. The molecule has 0 aliphatic heterocycles. The SMILES string of the molecule is C[C@H]1C2c3ccccc3C(c3ccccc32)[C@H]1C(=O)Nc1ccc(Cl)cc1Cl. The monoisotopic (exact) mass is 407 g/mol. The molecule has 3 aromatic carbocycles. The largest absolute Gasteiger partial charge is 0.324 e. The highest BCUT2D eigenvalue weighted by Crippen LogP contribution is 2.58. The molecule has 1 amide bonds. The van der Waals surface area contributed by atoms with Crippen LogP contribution in [-0.2, 0) is 4.79 Å². The van der Waals surface area contributed by atoms with Crippen molar-refractivity contribution < 1.29 is 4.79 Å². The van der Waals surface area contributed by atoms with E-state index in [0.717, 1.165) is 0 Å². The van der Waals surface area contributed by atoms with Crippen LogP contribution in [0.3, 0.4) is 0 Å². The van der Waals surface area contributed by atoms with Gasteiger partial charge in [0.05, 0.1) is 16.6 Å². The number of nitrogens with one attached hydrogen (secondary N) is 1. The predicted molar refractivity (Wildman–Crippen MR) is 114 cm³/mol. The van der Waals surface area contributed by atoms with E-state index in [0.29, 0.717) is 15.7 Å². The molecule has 0 spiro atoms.